The van der Waals surface area contributed by atoms with Gasteiger partial charge in [0, 0.05) is 18.3 Å². The van der Waals surface area contributed by atoms with Crippen molar-refractivity contribution < 1.29 is 14.7 Å². The number of amides is 1. The first kappa shape index (κ1) is 14.2. The number of pyridine rings is 1. The van der Waals surface area contributed by atoms with E-state index in [4.69, 9.17) is 5.11 Å². The van der Waals surface area contributed by atoms with Crippen LogP contribution in [0.3, 0.4) is 0 Å². The molecule has 0 fully saturated rings. The van der Waals surface area contributed by atoms with Crippen molar-refractivity contribution in [3.05, 3.63) is 29.6 Å². The first-order chi connectivity index (χ1) is 8.58. The number of carboxylic acids is 1. The van der Waals surface area contributed by atoms with Crippen molar-refractivity contribution in [3.8, 4) is 0 Å². The first-order valence-electron chi connectivity index (χ1n) is 6.06. The fourth-order valence-electron chi connectivity index (χ4n) is 1.61. The van der Waals surface area contributed by atoms with Gasteiger partial charge in [-0.05, 0) is 18.1 Å². The summed E-state index contributed by atoms with van der Waals surface area (Å²) in [5.41, 5.74) is 0.207. The van der Waals surface area contributed by atoms with E-state index in [2.05, 4.69) is 24.1 Å². The summed E-state index contributed by atoms with van der Waals surface area (Å²) in [6, 6.07) is 2.79. The van der Waals surface area contributed by atoms with Crippen LogP contribution >= 0.6 is 0 Å². The molecule has 1 aromatic heterocycles. The van der Waals surface area contributed by atoms with Crippen molar-refractivity contribution in [1.82, 2.24) is 10.3 Å². The van der Waals surface area contributed by atoms with E-state index in [9.17, 15) is 9.59 Å². The molecule has 1 aromatic rings. The second-order valence-corrected chi connectivity index (χ2v) is 4.13. The average molecular weight is 250 g/mol. The maximum atomic E-state index is 11.8. The molecule has 0 aromatic carbocycles. The number of hydrogen-bond acceptors (Lipinski definition) is 3. The zero-order chi connectivity index (χ0) is 13.5. The Morgan fingerprint density at radius 3 is 2.61 bits per heavy atom. The Labute approximate surface area is 106 Å². The highest BCUT2D eigenvalue weighted by molar-refractivity contribution is 5.96. The van der Waals surface area contributed by atoms with Crippen LogP contribution in [0.4, 0.5) is 0 Å². The summed E-state index contributed by atoms with van der Waals surface area (Å²) in [6.07, 6.45) is 3.34. The number of hydrogen-bond donors (Lipinski definition) is 2. The van der Waals surface area contributed by atoms with Crippen LogP contribution < -0.4 is 5.32 Å². The van der Waals surface area contributed by atoms with E-state index in [0.717, 1.165) is 12.8 Å². The zero-order valence-electron chi connectivity index (χ0n) is 10.6. The molecule has 0 bridgehead atoms. The first-order valence-corrected chi connectivity index (χ1v) is 6.06. The SMILES string of the molecule is CCC(CC)CNC(=O)c1ccnc(C(=O)O)c1. The van der Waals surface area contributed by atoms with Crippen LogP contribution in [0.2, 0.25) is 0 Å². The summed E-state index contributed by atoms with van der Waals surface area (Å²) in [4.78, 5) is 26.2. The van der Waals surface area contributed by atoms with Gasteiger partial charge in [0.1, 0.15) is 5.69 Å². The molecule has 1 rings (SSSR count). The molecule has 5 nitrogen and oxygen atoms in total. The van der Waals surface area contributed by atoms with Gasteiger partial charge in [-0.25, -0.2) is 9.78 Å². The predicted molar refractivity (Wildman–Crippen MR) is 67.6 cm³/mol. The van der Waals surface area contributed by atoms with Gasteiger partial charge in [-0.15, -0.1) is 0 Å². The van der Waals surface area contributed by atoms with Crippen molar-refractivity contribution in [2.45, 2.75) is 26.7 Å². The van der Waals surface area contributed by atoms with Crippen molar-refractivity contribution in [2.75, 3.05) is 6.54 Å². The minimum absolute atomic E-state index is 0.120. The standard InChI is InChI=1S/C13H18N2O3/c1-3-9(4-2)8-15-12(16)10-5-6-14-11(7-10)13(17)18/h5-7,9H,3-4,8H2,1-2H3,(H,15,16)(H,17,18). The number of carboxylic acid groups (broad SMARTS) is 1. The molecule has 0 aliphatic heterocycles. The molecule has 0 radical (unpaired) electrons. The molecule has 18 heavy (non-hydrogen) atoms. The van der Waals surface area contributed by atoms with Crippen molar-refractivity contribution in [2.24, 2.45) is 5.92 Å². The van der Waals surface area contributed by atoms with E-state index >= 15 is 0 Å². The molecular formula is C13H18N2O3. The van der Waals surface area contributed by atoms with E-state index < -0.39 is 5.97 Å². The average Bonchev–Trinajstić information content (AvgIpc) is 2.39. The third-order valence-corrected chi connectivity index (χ3v) is 2.95. The fourth-order valence-corrected chi connectivity index (χ4v) is 1.61. The monoisotopic (exact) mass is 250 g/mol. The Hall–Kier alpha value is -1.91. The zero-order valence-corrected chi connectivity index (χ0v) is 10.6. The van der Waals surface area contributed by atoms with Crippen LogP contribution in [0, 0.1) is 5.92 Å². The molecular weight excluding hydrogens is 232 g/mol. The van der Waals surface area contributed by atoms with Gasteiger partial charge in [-0.1, -0.05) is 26.7 Å². The van der Waals surface area contributed by atoms with Crippen molar-refractivity contribution in [1.29, 1.82) is 0 Å². The van der Waals surface area contributed by atoms with E-state index in [1.54, 1.807) is 0 Å². The quantitative estimate of drug-likeness (QED) is 0.808. The second kappa shape index (κ2) is 6.74. The molecule has 0 saturated heterocycles. The summed E-state index contributed by atoms with van der Waals surface area (Å²) in [5, 5.41) is 11.6. The van der Waals surface area contributed by atoms with Gasteiger partial charge >= 0.3 is 5.97 Å². The maximum absolute atomic E-state index is 11.8. The molecule has 0 aliphatic rings. The van der Waals surface area contributed by atoms with E-state index in [0.29, 0.717) is 18.0 Å². The van der Waals surface area contributed by atoms with Gasteiger partial charge < -0.3 is 10.4 Å². The normalized spacial score (nSPS) is 10.4. The number of nitrogens with one attached hydrogen (secondary N) is 1. The maximum Gasteiger partial charge on any atom is 0.354 e. The van der Waals surface area contributed by atoms with Crippen molar-refractivity contribution >= 4 is 11.9 Å². The Kier molecular flexibility index (Phi) is 5.30. The van der Waals surface area contributed by atoms with Gasteiger partial charge in [-0.2, -0.15) is 0 Å². The van der Waals surface area contributed by atoms with Gasteiger partial charge in [0.2, 0.25) is 0 Å². The molecule has 5 heteroatoms. The van der Waals surface area contributed by atoms with Crippen LogP contribution in [0.25, 0.3) is 0 Å². The lowest BCUT2D eigenvalue weighted by Crippen LogP contribution is -2.29. The molecule has 0 aliphatic carbocycles. The van der Waals surface area contributed by atoms with E-state index in [-0.39, 0.29) is 11.6 Å². The lowest BCUT2D eigenvalue weighted by atomic mass is 10.0. The minimum Gasteiger partial charge on any atom is -0.477 e. The highest BCUT2D eigenvalue weighted by Crippen LogP contribution is 2.07. The number of nitrogens with zero attached hydrogens (tertiary/aromatic N) is 1. The van der Waals surface area contributed by atoms with Crippen LogP contribution in [0.5, 0.6) is 0 Å². The van der Waals surface area contributed by atoms with Gasteiger partial charge in [0.15, 0.2) is 0 Å². The summed E-state index contributed by atoms with van der Waals surface area (Å²) < 4.78 is 0. The van der Waals surface area contributed by atoms with Crippen LogP contribution in [0.1, 0.15) is 47.5 Å². The van der Waals surface area contributed by atoms with Crippen molar-refractivity contribution in [3.63, 3.8) is 0 Å². The third-order valence-electron chi connectivity index (χ3n) is 2.95. The summed E-state index contributed by atoms with van der Waals surface area (Å²) in [5.74, 6) is -0.939. The number of aromatic carboxylic acids is 1. The van der Waals surface area contributed by atoms with E-state index in [1.165, 1.54) is 18.3 Å². The van der Waals surface area contributed by atoms with Gasteiger partial charge in [0.25, 0.3) is 5.91 Å². The Bertz CT molecular complexity index is 428. The van der Waals surface area contributed by atoms with Crippen LogP contribution in [-0.4, -0.2) is 28.5 Å². The van der Waals surface area contributed by atoms with Gasteiger partial charge in [0.05, 0.1) is 0 Å². The molecule has 2 N–H and O–H groups in total. The highest BCUT2D eigenvalue weighted by atomic mass is 16.4. The minimum atomic E-state index is -1.13. The number of carbonyl (C=O) groups is 2. The third kappa shape index (κ3) is 3.84. The molecule has 1 amide bonds. The molecule has 98 valence electrons. The van der Waals surface area contributed by atoms with Crippen LogP contribution in [0.15, 0.2) is 18.3 Å². The number of aromatic nitrogens is 1. The lowest BCUT2D eigenvalue weighted by Gasteiger charge is -2.13. The topological polar surface area (TPSA) is 79.3 Å². The molecule has 0 atom stereocenters. The Morgan fingerprint density at radius 1 is 1.39 bits per heavy atom. The molecule has 0 unspecified atom stereocenters. The fraction of sp³-hybridized carbons (Fsp3) is 0.462. The largest absolute Gasteiger partial charge is 0.477 e. The highest BCUT2D eigenvalue weighted by Gasteiger charge is 2.11. The number of carbonyl (C=O) groups excluding carboxylic acids is 1. The summed E-state index contributed by atoms with van der Waals surface area (Å²) in [6.45, 7) is 4.77. The lowest BCUT2D eigenvalue weighted by molar-refractivity contribution is 0.0690. The Balaban J connectivity index is 2.67. The van der Waals surface area contributed by atoms with Crippen LogP contribution in [-0.2, 0) is 0 Å². The predicted octanol–water partition coefficient (Wildman–Crippen LogP) is 1.95. The van der Waals surface area contributed by atoms with Gasteiger partial charge in [-0.3, -0.25) is 4.79 Å². The molecule has 0 saturated carbocycles. The second-order valence-electron chi connectivity index (χ2n) is 4.13. The summed E-state index contributed by atoms with van der Waals surface area (Å²) >= 11 is 0. The Morgan fingerprint density at radius 2 is 2.06 bits per heavy atom. The molecule has 0 spiro atoms. The summed E-state index contributed by atoms with van der Waals surface area (Å²) in [7, 11) is 0. The molecule has 1 heterocycles. The number of rotatable bonds is 6. The smallest absolute Gasteiger partial charge is 0.354 e. The van der Waals surface area contributed by atoms with E-state index in [1.807, 2.05) is 0 Å².